The zero-order valence-electron chi connectivity index (χ0n) is 15.4. The van der Waals surface area contributed by atoms with E-state index in [1.807, 2.05) is 9.58 Å². The summed E-state index contributed by atoms with van der Waals surface area (Å²) < 4.78 is 12.3. The van der Waals surface area contributed by atoms with Crippen LogP contribution in [0.5, 0.6) is 0 Å². The van der Waals surface area contributed by atoms with E-state index < -0.39 is 0 Å². The van der Waals surface area contributed by atoms with Crippen molar-refractivity contribution in [3.05, 3.63) is 34.5 Å². The average Bonchev–Trinajstić information content (AvgIpc) is 3.41. The number of aryl methyl sites for hydroxylation is 1. The molecule has 144 valence electrons. The minimum Gasteiger partial charge on any atom is -0.376 e. The molecule has 2 aliphatic heterocycles. The second-order valence-corrected chi connectivity index (χ2v) is 6.88. The molecule has 4 heterocycles. The highest BCUT2D eigenvalue weighted by Gasteiger charge is 2.29. The first-order valence-corrected chi connectivity index (χ1v) is 9.30. The van der Waals surface area contributed by atoms with Gasteiger partial charge in [-0.2, -0.15) is 5.10 Å². The lowest BCUT2D eigenvalue weighted by molar-refractivity contribution is 0.0772. The van der Waals surface area contributed by atoms with Crippen LogP contribution in [0.15, 0.2) is 10.6 Å². The number of amides is 2. The zero-order chi connectivity index (χ0) is 18.8. The summed E-state index contributed by atoms with van der Waals surface area (Å²) in [4.78, 5) is 26.7. The first-order valence-electron chi connectivity index (χ1n) is 9.30. The molecule has 9 nitrogen and oxygen atoms in total. The molecule has 1 fully saturated rings. The van der Waals surface area contributed by atoms with Crippen molar-refractivity contribution in [1.82, 2.24) is 25.2 Å². The van der Waals surface area contributed by atoms with Crippen LogP contribution in [0.1, 0.15) is 50.8 Å². The Morgan fingerprint density at radius 1 is 1.30 bits per heavy atom. The monoisotopic (exact) mass is 373 g/mol. The van der Waals surface area contributed by atoms with Crippen LogP contribution in [-0.4, -0.2) is 57.9 Å². The molecule has 0 saturated carbocycles. The molecule has 2 amide bonds. The standard InChI is InChI=1S/C18H23N5O4/c1-12-10-14(21-27-12)17(24)19-5-8-23-15-4-9-26-11-13(15)16(20-23)18(25)22-6-2-3-7-22/h10H,2-9,11H2,1H3,(H,19,24). The Bertz CT molecular complexity index is 850. The number of aromatic nitrogens is 3. The van der Waals surface area contributed by atoms with Gasteiger partial charge in [-0.05, 0) is 19.8 Å². The topological polar surface area (TPSA) is 102 Å². The van der Waals surface area contributed by atoms with Gasteiger partial charge >= 0.3 is 0 Å². The molecule has 2 aromatic rings. The molecule has 0 aliphatic carbocycles. The molecular formula is C18H23N5O4. The van der Waals surface area contributed by atoms with Crippen molar-refractivity contribution < 1.29 is 18.8 Å². The quantitative estimate of drug-likeness (QED) is 0.836. The minimum absolute atomic E-state index is 0.0184. The van der Waals surface area contributed by atoms with E-state index in [1.165, 1.54) is 0 Å². The molecule has 0 unspecified atom stereocenters. The molecule has 2 aliphatic rings. The van der Waals surface area contributed by atoms with E-state index in [9.17, 15) is 9.59 Å². The highest BCUT2D eigenvalue weighted by Crippen LogP contribution is 2.23. The van der Waals surface area contributed by atoms with Gasteiger partial charge in [-0.15, -0.1) is 0 Å². The van der Waals surface area contributed by atoms with Gasteiger partial charge in [-0.1, -0.05) is 5.16 Å². The highest BCUT2D eigenvalue weighted by atomic mass is 16.5. The molecule has 0 bridgehead atoms. The lowest BCUT2D eigenvalue weighted by atomic mass is 10.1. The van der Waals surface area contributed by atoms with Gasteiger partial charge in [0.05, 0.1) is 19.8 Å². The number of ether oxygens (including phenoxy) is 1. The average molecular weight is 373 g/mol. The predicted octanol–water partition coefficient (Wildman–Crippen LogP) is 0.918. The van der Waals surface area contributed by atoms with Gasteiger partial charge in [0.25, 0.3) is 11.8 Å². The summed E-state index contributed by atoms with van der Waals surface area (Å²) in [6.07, 6.45) is 2.80. The van der Waals surface area contributed by atoms with Gasteiger partial charge in [0, 0.05) is 43.4 Å². The molecule has 0 spiro atoms. The summed E-state index contributed by atoms with van der Waals surface area (Å²) in [6, 6.07) is 1.59. The van der Waals surface area contributed by atoms with Crippen LogP contribution < -0.4 is 5.32 Å². The third-order valence-electron chi connectivity index (χ3n) is 4.96. The van der Waals surface area contributed by atoms with E-state index in [-0.39, 0.29) is 17.5 Å². The summed E-state index contributed by atoms with van der Waals surface area (Å²) in [5.41, 5.74) is 2.66. The van der Waals surface area contributed by atoms with Crippen LogP contribution in [0.3, 0.4) is 0 Å². The van der Waals surface area contributed by atoms with Crippen molar-refractivity contribution >= 4 is 11.8 Å². The van der Waals surface area contributed by atoms with E-state index >= 15 is 0 Å². The molecule has 9 heteroatoms. The molecule has 0 aromatic carbocycles. The fourth-order valence-electron chi connectivity index (χ4n) is 3.57. The first kappa shape index (κ1) is 17.7. The number of fused-ring (bicyclic) bond motifs is 1. The smallest absolute Gasteiger partial charge is 0.274 e. The third-order valence-corrected chi connectivity index (χ3v) is 4.96. The number of nitrogens with one attached hydrogen (secondary N) is 1. The van der Waals surface area contributed by atoms with E-state index in [0.717, 1.165) is 37.2 Å². The van der Waals surface area contributed by atoms with Crippen molar-refractivity contribution in [1.29, 1.82) is 0 Å². The van der Waals surface area contributed by atoms with Crippen LogP contribution >= 0.6 is 0 Å². The van der Waals surface area contributed by atoms with Crippen LogP contribution in [-0.2, 0) is 24.3 Å². The Hall–Kier alpha value is -2.68. The third kappa shape index (κ3) is 3.59. The first-order chi connectivity index (χ1) is 13.1. The maximum atomic E-state index is 12.8. The Kier molecular flexibility index (Phi) is 4.93. The maximum Gasteiger partial charge on any atom is 0.274 e. The minimum atomic E-state index is -0.287. The van der Waals surface area contributed by atoms with Crippen molar-refractivity contribution in [3.63, 3.8) is 0 Å². The Morgan fingerprint density at radius 2 is 2.11 bits per heavy atom. The summed E-state index contributed by atoms with van der Waals surface area (Å²) in [6.45, 7) is 5.20. The normalized spacial score (nSPS) is 16.4. The fraction of sp³-hybridized carbons (Fsp3) is 0.556. The molecule has 2 aromatic heterocycles. The molecule has 4 rings (SSSR count). The van der Waals surface area contributed by atoms with Crippen molar-refractivity contribution in [2.45, 2.75) is 39.3 Å². The fourth-order valence-corrected chi connectivity index (χ4v) is 3.57. The van der Waals surface area contributed by atoms with Crippen molar-refractivity contribution in [2.75, 3.05) is 26.2 Å². The Morgan fingerprint density at radius 3 is 2.85 bits per heavy atom. The number of nitrogens with zero attached hydrogens (tertiary/aromatic N) is 4. The number of hydrogen-bond acceptors (Lipinski definition) is 6. The Balaban J connectivity index is 1.46. The van der Waals surface area contributed by atoms with E-state index in [2.05, 4.69) is 15.6 Å². The molecule has 1 N–H and O–H groups in total. The van der Waals surface area contributed by atoms with E-state index in [0.29, 0.717) is 44.2 Å². The second-order valence-electron chi connectivity index (χ2n) is 6.88. The van der Waals surface area contributed by atoms with Crippen molar-refractivity contribution in [2.24, 2.45) is 0 Å². The van der Waals surface area contributed by atoms with Crippen LogP contribution in [0.25, 0.3) is 0 Å². The van der Waals surface area contributed by atoms with Gasteiger partial charge in [0.2, 0.25) is 0 Å². The lowest BCUT2D eigenvalue weighted by Gasteiger charge is -2.17. The van der Waals surface area contributed by atoms with Gasteiger partial charge in [-0.3, -0.25) is 14.3 Å². The highest BCUT2D eigenvalue weighted by molar-refractivity contribution is 5.94. The summed E-state index contributed by atoms with van der Waals surface area (Å²) in [5.74, 6) is 0.283. The van der Waals surface area contributed by atoms with Gasteiger partial charge in [-0.25, -0.2) is 0 Å². The number of rotatable bonds is 5. The summed E-state index contributed by atoms with van der Waals surface area (Å²) in [7, 11) is 0. The zero-order valence-corrected chi connectivity index (χ0v) is 15.4. The van der Waals surface area contributed by atoms with Gasteiger partial charge in [0.1, 0.15) is 5.76 Å². The van der Waals surface area contributed by atoms with Crippen LogP contribution in [0.4, 0.5) is 0 Å². The lowest BCUT2D eigenvalue weighted by Crippen LogP contribution is -2.29. The molecular weight excluding hydrogens is 350 g/mol. The van der Waals surface area contributed by atoms with E-state index in [4.69, 9.17) is 9.26 Å². The summed E-state index contributed by atoms with van der Waals surface area (Å²) >= 11 is 0. The van der Waals surface area contributed by atoms with Gasteiger partial charge < -0.3 is 19.5 Å². The van der Waals surface area contributed by atoms with Crippen LogP contribution in [0.2, 0.25) is 0 Å². The number of likely N-dealkylation sites (tertiary alicyclic amines) is 1. The molecule has 0 radical (unpaired) electrons. The number of carbonyl (C=O) groups excluding carboxylic acids is 2. The van der Waals surface area contributed by atoms with E-state index in [1.54, 1.807) is 13.0 Å². The molecule has 1 saturated heterocycles. The summed E-state index contributed by atoms with van der Waals surface area (Å²) in [5, 5.41) is 11.1. The van der Waals surface area contributed by atoms with Gasteiger partial charge in [0.15, 0.2) is 11.4 Å². The predicted molar refractivity (Wildman–Crippen MR) is 94.3 cm³/mol. The molecule has 27 heavy (non-hydrogen) atoms. The Labute approximate surface area is 156 Å². The number of carbonyl (C=O) groups is 2. The largest absolute Gasteiger partial charge is 0.376 e. The molecule has 0 atom stereocenters. The SMILES string of the molecule is Cc1cc(C(=O)NCCn2nc(C(=O)N3CCCC3)c3c2CCOC3)no1. The van der Waals surface area contributed by atoms with Crippen LogP contribution in [0, 0.1) is 6.92 Å². The second kappa shape index (κ2) is 7.51. The number of hydrogen-bond donors (Lipinski definition) is 1. The maximum absolute atomic E-state index is 12.8. The van der Waals surface area contributed by atoms with Crippen molar-refractivity contribution in [3.8, 4) is 0 Å².